The zero-order valence-electron chi connectivity index (χ0n) is 33.6. The fraction of sp³-hybridized carbons (Fsp3) is 0.0172. The first-order valence-corrected chi connectivity index (χ1v) is 21.2. The highest BCUT2D eigenvalue weighted by Gasteiger charge is 2.51. The third kappa shape index (κ3) is 4.98. The van der Waals surface area contributed by atoms with Gasteiger partial charge in [0.15, 0.2) is 17.5 Å². The van der Waals surface area contributed by atoms with Crippen molar-refractivity contribution in [1.82, 2.24) is 19.5 Å². The largest absolute Gasteiger partial charge is 0.309 e. The van der Waals surface area contributed by atoms with Crippen molar-refractivity contribution in [1.29, 1.82) is 0 Å². The molecule has 2 heterocycles. The van der Waals surface area contributed by atoms with Crippen LogP contribution in [0.3, 0.4) is 0 Å². The molecule has 62 heavy (non-hydrogen) atoms. The van der Waals surface area contributed by atoms with Crippen molar-refractivity contribution in [3.8, 4) is 73.2 Å². The molecular weight excluding hydrogens is 753 g/mol. The van der Waals surface area contributed by atoms with Crippen molar-refractivity contribution in [2.24, 2.45) is 0 Å². The first-order chi connectivity index (χ1) is 30.7. The summed E-state index contributed by atoms with van der Waals surface area (Å²) >= 11 is 0. The van der Waals surface area contributed by atoms with Crippen LogP contribution in [-0.4, -0.2) is 19.5 Å². The van der Waals surface area contributed by atoms with Crippen LogP contribution in [0.25, 0.3) is 95.0 Å². The van der Waals surface area contributed by atoms with E-state index in [1.807, 2.05) is 24.3 Å². The third-order valence-corrected chi connectivity index (χ3v) is 13.1. The molecule has 2 aromatic heterocycles. The van der Waals surface area contributed by atoms with E-state index in [1.165, 1.54) is 60.8 Å². The Hall–Kier alpha value is -8.21. The average molecular weight is 789 g/mol. The number of para-hydroxylation sites is 1. The summed E-state index contributed by atoms with van der Waals surface area (Å²) in [6, 6.07) is 78.6. The molecule has 0 amide bonds. The maximum atomic E-state index is 5.17. The van der Waals surface area contributed by atoms with Crippen molar-refractivity contribution >= 4 is 21.8 Å². The van der Waals surface area contributed by atoms with Crippen molar-refractivity contribution in [2.75, 3.05) is 0 Å². The molecule has 13 rings (SSSR count). The van der Waals surface area contributed by atoms with Crippen LogP contribution in [0.2, 0.25) is 0 Å². The molecule has 4 heteroatoms. The molecule has 9 aromatic carbocycles. The van der Waals surface area contributed by atoms with Gasteiger partial charge in [0.1, 0.15) is 0 Å². The van der Waals surface area contributed by atoms with E-state index < -0.39 is 5.41 Å². The molecule has 0 bridgehead atoms. The second-order valence-corrected chi connectivity index (χ2v) is 16.3. The van der Waals surface area contributed by atoms with Gasteiger partial charge in [-0.3, -0.25) is 0 Å². The molecule has 2 aliphatic carbocycles. The van der Waals surface area contributed by atoms with E-state index in [2.05, 4.69) is 199 Å². The van der Waals surface area contributed by atoms with Crippen molar-refractivity contribution in [3.05, 3.63) is 241 Å². The van der Waals surface area contributed by atoms with Crippen molar-refractivity contribution in [3.63, 3.8) is 0 Å². The van der Waals surface area contributed by atoms with Crippen molar-refractivity contribution < 1.29 is 0 Å². The highest BCUT2D eigenvalue weighted by molar-refractivity contribution is 6.12. The summed E-state index contributed by atoms with van der Waals surface area (Å²) in [6.45, 7) is 0. The minimum absolute atomic E-state index is 0.412. The zero-order valence-corrected chi connectivity index (χ0v) is 33.6. The van der Waals surface area contributed by atoms with Gasteiger partial charge in [0.05, 0.1) is 16.4 Å². The predicted molar refractivity (Wildman–Crippen MR) is 252 cm³/mol. The van der Waals surface area contributed by atoms with Crippen LogP contribution >= 0.6 is 0 Å². The van der Waals surface area contributed by atoms with E-state index in [0.717, 1.165) is 39.0 Å². The lowest BCUT2D eigenvalue weighted by Crippen LogP contribution is -2.25. The number of nitrogens with zero attached hydrogens (tertiary/aromatic N) is 4. The van der Waals surface area contributed by atoms with Crippen LogP contribution in [0.15, 0.2) is 218 Å². The van der Waals surface area contributed by atoms with Gasteiger partial charge in [-0.15, -0.1) is 0 Å². The smallest absolute Gasteiger partial charge is 0.164 e. The van der Waals surface area contributed by atoms with Gasteiger partial charge in [-0.25, -0.2) is 15.0 Å². The molecule has 0 saturated heterocycles. The van der Waals surface area contributed by atoms with Gasteiger partial charge in [-0.1, -0.05) is 188 Å². The van der Waals surface area contributed by atoms with Crippen LogP contribution in [0.1, 0.15) is 22.3 Å². The molecule has 11 aromatic rings. The maximum absolute atomic E-state index is 5.17. The lowest BCUT2D eigenvalue weighted by molar-refractivity contribution is 0.795. The number of rotatable bonds is 5. The van der Waals surface area contributed by atoms with E-state index in [4.69, 9.17) is 15.0 Å². The molecule has 0 radical (unpaired) electrons. The van der Waals surface area contributed by atoms with Crippen LogP contribution in [0.4, 0.5) is 0 Å². The first kappa shape index (κ1) is 34.6. The highest BCUT2D eigenvalue weighted by atomic mass is 15.0. The summed E-state index contributed by atoms with van der Waals surface area (Å²) in [5, 5.41) is 2.45. The fourth-order valence-corrected chi connectivity index (χ4v) is 10.4. The predicted octanol–water partition coefficient (Wildman–Crippen LogP) is 14.0. The topological polar surface area (TPSA) is 43.6 Å². The zero-order chi connectivity index (χ0) is 40.8. The molecule has 2 aliphatic rings. The standard InChI is InChI=1S/C58H36N4/c1-3-16-37(17-4-1)38-30-32-40(33-31-38)56-59-55(39-18-5-2-6-19-39)60-57(61-56)41-20-15-21-42(34-41)62-53-29-14-10-25-46(53)48-35-52-47(36-54(48)62)45-24-9-13-28-51(45)58(52)49-26-11-7-22-43(49)44-23-8-12-27-50(44)58/h1-36H. The molecule has 0 atom stereocenters. The minimum Gasteiger partial charge on any atom is -0.309 e. The number of hydrogen-bond donors (Lipinski definition) is 0. The van der Waals surface area contributed by atoms with E-state index in [1.54, 1.807) is 0 Å². The molecule has 288 valence electrons. The van der Waals surface area contributed by atoms with Gasteiger partial charge in [-0.2, -0.15) is 0 Å². The Kier molecular flexibility index (Phi) is 7.49. The van der Waals surface area contributed by atoms with E-state index in [-0.39, 0.29) is 0 Å². The van der Waals surface area contributed by atoms with Gasteiger partial charge in [0.25, 0.3) is 0 Å². The Balaban J connectivity index is 1.00. The Labute approximate surface area is 359 Å². The molecule has 4 nitrogen and oxygen atoms in total. The van der Waals surface area contributed by atoms with Gasteiger partial charge in [0.2, 0.25) is 0 Å². The summed E-state index contributed by atoms with van der Waals surface area (Å²) in [7, 11) is 0. The molecule has 0 unspecified atom stereocenters. The fourth-order valence-electron chi connectivity index (χ4n) is 10.4. The summed E-state index contributed by atoms with van der Waals surface area (Å²) in [6.07, 6.45) is 0. The Morgan fingerprint density at radius 1 is 0.290 bits per heavy atom. The second-order valence-electron chi connectivity index (χ2n) is 16.3. The summed E-state index contributed by atoms with van der Waals surface area (Å²) in [5.41, 5.74) is 18.6. The molecule has 0 saturated carbocycles. The number of benzene rings is 9. The minimum atomic E-state index is -0.412. The normalized spacial score (nSPS) is 13.0. The molecular formula is C58H36N4. The number of aromatic nitrogens is 4. The second kappa shape index (κ2) is 13.4. The quantitative estimate of drug-likeness (QED) is 0.174. The van der Waals surface area contributed by atoms with Gasteiger partial charge in [0, 0.05) is 33.2 Å². The highest BCUT2D eigenvalue weighted by Crippen LogP contribution is 2.63. The Morgan fingerprint density at radius 2 is 0.758 bits per heavy atom. The summed E-state index contributed by atoms with van der Waals surface area (Å²) in [5.74, 6) is 1.89. The van der Waals surface area contributed by atoms with Crippen LogP contribution in [-0.2, 0) is 5.41 Å². The van der Waals surface area contributed by atoms with Gasteiger partial charge < -0.3 is 4.57 Å². The van der Waals surface area contributed by atoms with E-state index >= 15 is 0 Å². The molecule has 1 spiro atoms. The Morgan fingerprint density at radius 3 is 1.40 bits per heavy atom. The SMILES string of the molecule is c1ccc(-c2ccc(-c3nc(-c4ccccc4)nc(-c4cccc(-n5c6ccccc6c6cc7c(cc65)-c5ccccc5C75c6ccccc6-c6ccccc65)c4)n3)cc2)cc1. The third-order valence-electron chi connectivity index (χ3n) is 13.1. The summed E-state index contributed by atoms with van der Waals surface area (Å²) < 4.78 is 2.42. The molecule has 0 N–H and O–H groups in total. The first-order valence-electron chi connectivity index (χ1n) is 21.2. The van der Waals surface area contributed by atoms with E-state index in [9.17, 15) is 0 Å². The van der Waals surface area contributed by atoms with E-state index in [0.29, 0.717) is 17.5 Å². The average Bonchev–Trinajstić information content (AvgIpc) is 3.95. The summed E-state index contributed by atoms with van der Waals surface area (Å²) in [4.78, 5) is 15.3. The van der Waals surface area contributed by atoms with Gasteiger partial charge >= 0.3 is 0 Å². The lowest BCUT2D eigenvalue weighted by atomic mass is 9.70. The Bertz CT molecular complexity index is 3520. The van der Waals surface area contributed by atoms with Crippen LogP contribution < -0.4 is 0 Å². The number of fused-ring (bicyclic) bond motifs is 13. The van der Waals surface area contributed by atoms with Gasteiger partial charge in [-0.05, 0) is 86.0 Å². The number of hydrogen-bond acceptors (Lipinski definition) is 3. The maximum Gasteiger partial charge on any atom is 0.164 e. The van der Waals surface area contributed by atoms with Crippen LogP contribution in [0, 0.1) is 0 Å². The van der Waals surface area contributed by atoms with Crippen LogP contribution in [0.5, 0.6) is 0 Å². The monoisotopic (exact) mass is 788 g/mol. The van der Waals surface area contributed by atoms with Crippen molar-refractivity contribution in [2.45, 2.75) is 5.41 Å². The molecule has 0 fully saturated rings. The molecule has 0 aliphatic heterocycles. The lowest BCUT2D eigenvalue weighted by Gasteiger charge is -2.30.